The monoisotopic (exact) mass is 345 g/mol. The van der Waals surface area contributed by atoms with E-state index in [2.05, 4.69) is 10.5 Å². The Hall–Kier alpha value is -2.87. The number of aryl methyl sites for hydroxylation is 1. The molecule has 0 saturated carbocycles. The highest BCUT2D eigenvalue weighted by Crippen LogP contribution is 2.19. The van der Waals surface area contributed by atoms with Gasteiger partial charge >= 0.3 is 0 Å². The molecular weight excluding hydrogens is 326 g/mol. The molecule has 0 unspecified atom stereocenters. The zero-order valence-corrected chi connectivity index (χ0v) is 13.7. The van der Waals surface area contributed by atoms with Gasteiger partial charge in [0.1, 0.15) is 17.6 Å². The summed E-state index contributed by atoms with van der Waals surface area (Å²) in [5.41, 5.74) is 5.85. The van der Waals surface area contributed by atoms with Gasteiger partial charge in [0.15, 0.2) is 5.69 Å². The highest BCUT2D eigenvalue weighted by atomic mass is 16.5. The summed E-state index contributed by atoms with van der Waals surface area (Å²) in [5.74, 6) is 0.318. The Morgan fingerprint density at radius 3 is 2.72 bits per heavy atom. The lowest BCUT2D eigenvalue weighted by molar-refractivity contribution is -0.0135. The predicted octanol–water partition coefficient (Wildman–Crippen LogP) is 1.05. The standard InChI is InChI=1S/C17H19N3O5/c1-10-8-14(20-25-10)17(22)19-13-6-7-23-9-15(13)24-12-4-2-11(3-5-12)16(18)21/h2-5,8,13,15H,6-7,9H2,1H3,(H2,18,21)(H,19,22)/t13-,15-/m1/s1. The molecule has 1 saturated heterocycles. The molecule has 2 aromatic rings. The maximum atomic E-state index is 12.3. The quantitative estimate of drug-likeness (QED) is 0.836. The largest absolute Gasteiger partial charge is 0.486 e. The zero-order chi connectivity index (χ0) is 17.8. The smallest absolute Gasteiger partial charge is 0.273 e. The molecule has 3 N–H and O–H groups in total. The Labute approximate surface area is 144 Å². The molecule has 1 aromatic heterocycles. The first-order valence-electron chi connectivity index (χ1n) is 7.91. The van der Waals surface area contributed by atoms with Crippen LogP contribution in [0.1, 0.15) is 33.0 Å². The van der Waals surface area contributed by atoms with Crippen LogP contribution in [0.25, 0.3) is 0 Å². The second kappa shape index (κ2) is 7.35. The molecule has 0 bridgehead atoms. The topological polar surface area (TPSA) is 117 Å². The van der Waals surface area contributed by atoms with E-state index in [4.69, 9.17) is 19.7 Å². The van der Waals surface area contributed by atoms with Crippen molar-refractivity contribution < 1.29 is 23.6 Å². The molecule has 0 radical (unpaired) electrons. The van der Waals surface area contributed by atoms with E-state index in [1.807, 2.05) is 0 Å². The fourth-order valence-corrected chi connectivity index (χ4v) is 2.58. The number of nitrogens with one attached hydrogen (secondary N) is 1. The van der Waals surface area contributed by atoms with E-state index in [0.717, 1.165) is 0 Å². The molecular formula is C17H19N3O5. The zero-order valence-electron chi connectivity index (χ0n) is 13.7. The lowest BCUT2D eigenvalue weighted by Crippen LogP contribution is -2.51. The summed E-state index contributed by atoms with van der Waals surface area (Å²) in [5, 5.41) is 6.62. The number of hydrogen-bond acceptors (Lipinski definition) is 6. The Morgan fingerprint density at radius 2 is 2.08 bits per heavy atom. The molecule has 8 heteroatoms. The Kier molecular flexibility index (Phi) is 4.99. The van der Waals surface area contributed by atoms with Gasteiger partial charge in [-0.3, -0.25) is 9.59 Å². The summed E-state index contributed by atoms with van der Waals surface area (Å²) in [6.45, 7) is 2.60. The number of hydrogen-bond donors (Lipinski definition) is 2. The van der Waals surface area contributed by atoms with E-state index in [-0.39, 0.29) is 23.7 Å². The van der Waals surface area contributed by atoms with Crippen LogP contribution in [0.4, 0.5) is 0 Å². The number of carbonyl (C=O) groups is 2. The van der Waals surface area contributed by atoms with Gasteiger partial charge in [-0.15, -0.1) is 0 Å². The van der Waals surface area contributed by atoms with Crippen LogP contribution in [0.5, 0.6) is 5.75 Å². The van der Waals surface area contributed by atoms with Gasteiger partial charge in [-0.1, -0.05) is 5.16 Å². The maximum Gasteiger partial charge on any atom is 0.273 e. The number of nitrogens with zero attached hydrogens (tertiary/aromatic N) is 1. The van der Waals surface area contributed by atoms with Crippen molar-refractivity contribution in [2.24, 2.45) is 5.73 Å². The molecule has 1 aliphatic heterocycles. The summed E-state index contributed by atoms with van der Waals surface area (Å²) in [7, 11) is 0. The van der Waals surface area contributed by atoms with Gasteiger partial charge in [0, 0.05) is 18.2 Å². The number of benzene rings is 1. The average molecular weight is 345 g/mol. The summed E-state index contributed by atoms with van der Waals surface area (Å²) >= 11 is 0. The second-order valence-corrected chi connectivity index (χ2v) is 5.81. The summed E-state index contributed by atoms with van der Waals surface area (Å²) < 4.78 is 16.3. The van der Waals surface area contributed by atoms with E-state index < -0.39 is 5.91 Å². The first kappa shape index (κ1) is 17.0. The molecule has 2 heterocycles. The number of primary amides is 1. The van der Waals surface area contributed by atoms with Crippen molar-refractivity contribution in [3.63, 3.8) is 0 Å². The van der Waals surface area contributed by atoms with Crippen molar-refractivity contribution in [2.75, 3.05) is 13.2 Å². The van der Waals surface area contributed by atoms with Gasteiger partial charge in [0.25, 0.3) is 5.91 Å². The lowest BCUT2D eigenvalue weighted by Gasteiger charge is -2.32. The average Bonchev–Trinajstić information content (AvgIpc) is 3.04. The van der Waals surface area contributed by atoms with Gasteiger partial charge in [-0.05, 0) is 37.6 Å². The van der Waals surface area contributed by atoms with E-state index in [0.29, 0.717) is 36.7 Å². The number of rotatable bonds is 5. The van der Waals surface area contributed by atoms with Crippen molar-refractivity contribution in [3.05, 3.63) is 47.3 Å². The van der Waals surface area contributed by atoms with Crippen LogP contribution in [0.2, 0.25) is 0 Å². The third-order valence-corrected chi connectivity index (χ3v) is 3.91. The van der Waals surface area contributed by atoms with Crippen molar-refractivity contribution in [1.82, 2.24) is 10.5 Å². The number of amides is 2. The van der Waals surface area contributed by atoms with Crippen molar-refractivity contribution in [1.29, 1.82) is 0 Å². The van der Waals surface area contributed by atoms with Gasteiger partial charge in [-0.25, -0.2) is 0 Å². The number of ether oxygens (including phenoxy) is 2. The molecule has 0 spiro atoms. The summed E-state index contributed by atoms with van der Waals surface area (Å²) in [6.07, 6.45) is 0.261. The van der Waals surface area contributed by atoms with Gasteiger partial charge in [0.2, 0.25) is 5.91 Å². The fraction of sp³-hybridized carbons (Fsp3) is 0.353. The van der Waals surface area contributed by atoms with Crippen LogP contribution >= 0.6 is 0 Å². The molecule has 25 heavy (non-hydrogen) atoms. The molecule has 1 aliphatic rings. The predicted molar refractivity (Wildman–Crippen MR) is 87.3 cm³/mol. The van der Waals surface area contributed by atoms with Gasteiger partial charge in [-0.2, -0.15) is 0 Å². The van der Waals surface area contributed by atoms with Crippen LogP contribution in [-0.4, -0.2) is 42.3 Å². The van der Waals surface area contributed by atoms with E-state index >= 15 is 0 Å². The first-order valence-corrected chi connectivity index (χ1v) is 7.91. The number of nitrogens with two attached hydrogens (primary N) is 1. The minimum absolute atomic E-state index is 0.228. The van der Waals surface area contributed by atoms with Crippen LogP contribution in [0.3, 0.4) is 0 Å². The molecule has 132 valence electrons. The Balaban J connectivity index is 1.66. The Morgan fingerprint density at radius 1 is 1.32 bits per heavy atom. The molecule has 2 amide bonds. The molecule has 8 nitrogen and oxygen atoms in total. The van der Waals surface area contributed by atoms with E-state index in [1.54, 1.807) is 37.3 Å². The number of aromatic nitrogens is 1. The normalized spacial score (nSPS) is 20.0. The number of carbonyl (C=O) groups excluding carboxylic acids is 2. The van der Waals surface area contributed by atoms with Crippen LogP contribution < -0.4 is 15.8 Å². The van der Waals surface area contributed by atoms with Crippen LogP contribution in [0, 0.1) is 6.92 Å². The van der Waals surface area contributed by atoms with Crippen LogP contribution in [0.15, 0.2) is 34.9 Å². The lowest BCUT2D eigenvalue weighted by atomic mass is 10.1. The SMILES string of the molecule is Cc1cc(C(=O)N[C@@H]2CCOC[C@H]2Oc2ccc(C(N)=O)cc2)no1. The van der Waals surface area contributed by atoms with E-state index in [9.17, 15) is 9.59 Å². The van der Waals surface area contributed by atoms with Gasteiger partial charge in [0.05, 0.1) is 12.6 Å². The maximum absolute atomic E-state index is 12.3. The van der Waals surface area contributed by atoms with Crippen LogP contribution in [-0.2, 0) is 4.74 Å². The summed E-state index contributed by atoms with van der Waals surface area (Å²) in [4.78, 5) is 23.4. The van der Waals surface area contributed by atoms with Crippen molar-refractivity contribution >= 4 is 11.8 Å². The third-order valence-electron chi connectivity index (χ3n) is 3.91. The first-order chi connectivity index (χ1) is 12.0. The fourth-order valence-electron chi connectivity index (χ4n) is 2.58. The Bertz CT molecular complexity index is 756. The van der Waals surface area contributed by atoms with Crippen molar-refractivity contribution in [2.45, 2.75) is 25.5 Å². The minimum Gasteiger partial charge on any atom is -0.486 e. The van der Waals surface area contributed by atoms with Gasteiger partial charge < -0.3 is 25.0 Å². The van der Waals surface area contributed by atoms with Crippen molar-refractivity contribution in [3.8, 4) is 5.75 Å². The minimum atomic E-state index is -0.499. The van der Waals surface area contributed by atoms with E-state index in [1.165, 1.54) is 0 Å². The molecule has 2 atom stereocenters. The molecule has 1 fully saturated rings. The molecule has 0 aliphatic carbocycles. The molecule has 1 aromatic carbocycles. The molecule has 3 rings (SSSR count). The second-order valence-electron chi connectivity index (χ2n) is 5.81. The highest BCUT2D eigenvalue weighted by Gasteiger charge is 2.30. The third kappa shape index (κ3) is 4.16. The summed E-state index contributed by atoms with van der Waals surface area (Å²) in [6, 6.07) is 7.85. The highest BCUT2D eigenvalue weighted by molar-refractivity contribution is 5.93.